The summed E-state index contributed by atoms with van der Waals surface area (Å²) in [7, 11) is 0. The second kappa shape index (κ2) is 14.0. The van der Waals surface area contributed by atoms with Crippen molar-refractivity contribution in [3.05, 3.63) is 258 Å². The highest BCUT2D eigenvalue weighted by Crippen LogP contribution is 2.28. The molecular weight excluding hydrogens is 713 g/mol. The summed E-state index contributed by atoms with van der Waals surface area (Å²) in [4.78, 5) is 52.9. The Morgan fingerprint density at radius 2 is 0.500 bits per heavy atom. The predicted molar refractivity (Wildman–Crippen MR) is 226 cm³/mol. The van der Waals surface area contributed by atoms with Crippen molar-refractivity contribution in [3.63, 3.8) is 0 Å². The van der Waals surface area contributed by atoms with Crippen molar-refractivity contribution in [2.24, 2.45) is 0 Å². The zero-order valence-electron chi connectivity index (χ0n) is 31.1. The molecule has 0 amide bonds. The van der Waals surface area contributed by atoms with E-state index in [2.05, 4.69) is 60.7 Å². The molecule has 0 fully saturated rings. The molecule has 272 valence electrons. The molecule has 0 aromatic heterocycles. The summed E-state index contributed by atoms with van der Waals surface area (Å²) in [5, 5.41) is 7.31. The maximum atomic E-state index is 13.2. The van der Waals surface area contributed by atoms with Gasteiger partial charge in [-0.2, -0.15) is 0 Å². The fraction of sp³-hybridized carbons (Fsp3) is 0. The van der Waals surface area contributed by atoms with Crippen LogP contribution in [0.3, 0.4) is 0 Å². The first-order valence-corrected chi connectivity index (χ1v) is 19.2. The van der Waals surface area contributed by atoms with Crippen molar-refractivity contribution < 1.29 is 19.2 Å². The summed E-state index contributed by atoms with van der Waals surface area (Å²) >= 11 is 0. The van der Waals surface area contributed by atoms with Gasteiger partial charge in [-0.25, -0.2) is 0 Å². The average Bonchev–Trinajstić information content (AvgIpc) is 3.70. The van der Waals surface area contributed by atoms with Gasteiger partial charge in [0.1, 0.15) is 0 Å². The van der Waals surface area contributed by atoms with E-state index in [9.17, 15) is 19.2 Å². The second-order valence-electron chi connectivity index (χ2n) is 14.6. The smallest absolute Gasteiger partial charge is 0.198 e. The molecule has 2 aliphatic rings. The zero-order valence-corrected chi connectivity index (χ0v) is 31.1. The molecule has 4 nitrogen and oxygen atoms in total. The molecule has 58 heavy (non-hydrogen) atoms. The van der Waals surface area contributed by atoms with E-state index < -0.39 is 0 Å². The Morgan fingerprint density at radius 1 is 0.224 bits per heavy atom. The van der Waals surface area contributed by atoms with Gasteiger partial charge in [-0.05, 0) is 76.1 Å². The van der Waals surface area contributed by atoms with Crippen LogP contribution in [0.15, 0.2) is 194 Å². The van der Waals surface area contributed by atoms with Crippen LogP contribution in [0.25, 0.3) is 33.4 Å². The first-order chi connectivity index (χ1) is 28.4. The molecule has 2 aliphatic carbocycles. The molecule has 0 atom stereocenters. The van der Waals surface area contributed by atoms with Crippen LogP contribution in [0.2, 0.25) is 0 Å². The number of hydrogen-bond acceptors (Lipinski definition) is 4. The lowest BCUT2D eigenvalue weighted by Gasteiger charge is -2.07. The van der Waals surface area contributed by atoms with Gasteiger partial charge in [0.05, 0.1) is 11.1 Å². The van der Waals surface area contributed by atoms with E-state index in [1.165, 1.54) is 0 Å². The summed E-state index contributed by atoms with van der Waals surface area (Å²) in [6, 6.07) is 62.9. The highest BCUT2D eigenvalue weighted by molar-refractivity contribution is 6.56. The maximum absolute atomic E-state index is 13.2. The van der Waals surface area contributed by atoms with Gasteiger partial charge in [-0.3, -0.25) is 19.2 Å². The summed E-state index contributed by atoms with van der Waals surface area (Å²) < 4.78 is 0. The number of carbonyl (C=O) groups excluding carboxylic acids is 4. The summed E-state index contributed by atoms with van der Waals surface area (Å²) in [5.74, 6) is -0.933. The minimum atomic E-state index is -0.233. The van der Waals surface area contributed by atoms with Gasteiger partial charge in [-0.15, -0.1) is 0 Å². The summed E-state index contributed by atoms with van der Waals surface area (Å²) in [5.41, 5.74) is 6.47. The molecule has 8 aromatic rings. The lowest BCUT2D eigenvalue weighted by Crippen LogP contribution is -2.13. The van der Waals surface area contributed by atoms with Gasteiger partial charge in [0.2, 0.25) is 0 Å². The van der Waals surface area contributed by atoms with Crippen molar-refractivity contribution in [2.45, 2.75) is 0 Å². The minimum Gasteiger partial charge on any atom is -0.288 e. The Kier molecular flexibility index (Phi) is 8.39. The first-order valence-electron chi connectivity index (χ1n) is 19.2. The highest BCUT2D eigenvalue weighted by atomic mass is 16.2. The van der Waals surface area contributed by atoms with Gasteiger partial charge in [-0.1, -0.05) is 182 Å². The number of carbonyl (C=O) groups is 4. The largest absolute Gasteiger partial charge is 0.288 e. The highest BCUT2D eigenvalue weighted by Gasteiger charge is 2.34. The second-order valence-corrected chi connectivity index (χ2v) is 14.6. The van der Waals surface area contributed by atoms with Gasteiger partial charge < -0.3 is 0 Å². The molecule has 0 N–H and O–H groups in total. The Morgan fingerprint density at radius 3 is 0.828 bits per heavy atom. The maximum Gasteiger partial charge on any atom is 0.198 e. The summed E-state index contributed by atoms with van der Waals surface area (Å²) in [6.07, 6.45) is 0. The number of benzene rings is 8. The molecular formula is C54H32O4. The fourth-order valence-corrected chi connectivity index (χ4v) is 8.32. The van der Waals surface area contributed by atoms with Crippen molar-refractivity contribution in [1.29, 1.82) is 0 Å². The number of rotatable bonds is 2. The van der Waals surface area contributed by atoms with E-state index in [4.69, 9.17) is 0 Å². The van der Waals surface area contributed by atoms with Crippen molar-refractivity contribution in [1.82, 2.24) is 0 Å². The van der Waals surface area contributed by atoms with Gasteiger partial charge in [0.15, 0.2) is 23.1 Å². The van der Waals surface area contributed by atoms with Crippen LogP contribution >= 0.6 is 0 Å². The van der Waals surface area contributed by atoms with E-state index in [0.717, 1.165) is 53.6 Å². The van der Waals surface area contributed by atoms with Crippen LogP contribution < -0.4 is 10.4 Å². The third-order valence-electron chi connectivity index (χ3n) is 11.3. The Hall–Kier alpha value is -7.82. The normalized spacial score (nSPS) is 13.9. The van der Waals surface area contributed by atoms with Crippen molar-refractivity contribution in [2.75, 3.05) is 0 Å². The molecule has 0 heterocycles. The molecule has 8 aromatic carbocycles. The van der Waals surface area contributed by atoms with Crippen LogP contribution in [-0.2, 0) is 0 Å². The van der Waals surface area contributed by atoms with Crippen LogP contribution in [0.1, 0.15) is 41.4 Å². The quantitative estimate of drug-likeness (QED) is 0.177. The van der Waals surface area contributed by atoms with E-state index >= 15 is 0 Å². The van der Waals surface area contributed by atoms with Crippen LogP contribution in [0, 0.1) is 31.3 Å². The van der Waals surface area contributed by atoms with Crippen molar-refractivity contribution >= 4 is 34.3 Å². The van der Waals surface area contributed by atoms with Crippen molar-refractivity contribution in [3.8, 4) is 22.3 Å². The number of Topliss-reactive ketones (excluding diaryl/α,β-unsaturated/α-hetero) is 4. The lowest BCUT2D eigenvalue weighted by atomic mass is 9.97. The van der Waals surface area contributed by atoms with E-state index in [1.54, 1.807) is 48.5 Å². The Balaban J connectivity index is 1.16. The van der Waals surface area contributed by atoms with E-state index in [0.29, 0.717) is 32.7 Å². The van der Waals surface area contributed by atoms with E-state index in [1.807, 2.05) is 84.9 Å². The first kappa shape index (κ1) is 34.7. The van der Waals surface area contributed by atoms with Gasteiger partial charge in [0.25, 0.3) is 0 Å². The van der Waals surface area contributed by atoms with Crippen LogP contribution in [-0.4, -0.2) is 23.1 Å². The minimum absolute atomic E-state index is 0.212. The lowest BCUT2D eigenvalue weighted by molar-refractivity contribution is 0.101. The predicted octanol–water partition coefficient (Wildman–Crippen LogP) is 9.34. The molecule has 0 radical (unpaired) electrons. The third-order valence-corrected chi connectivity index (χ3v) is 11.3. The van der Waals surface area contributed by atoms with E-state index in [-0.39, 0.29) is 34.3 Å². The molecule has 0 saturated heterocycles. The monoisotopic (exact) mass is 744 g/mol. The Labute approximate surface area is 332 Å². The number of fused-ring (bicyclic) bond motifs is 2. The average molecular weight is 745 g/mol. The SMILES string of the molecule is O=C1C(=c2ccc(=c3cc/c(=c4/ccc(=c5ccc(=C6C(=O)c7ccccc7C6=O)cc5)c(-c5ccccc5)c4)cc3-c3ccccc3)cc2)C(=O)c2ccccc21. The third kappa shape index (κ3) is 5.78. The number of hydrogen-bond donors (Lipinski definition) is 0. The fourth-order valence-electron chi connectivity index (χ4n) is 8.32. The molecule has 0 unspecified atom stereocenters. The van der Waals surface area contributed by atoms with Gasteiger partial charge >= 0.3 is 0 Å². The van der Waals surface area contributed by atoms with Crippen LogP contribution in [0.5, 0.6) is 0 Å². The molecule has 4 heteroatoms. The number of ketones is 4. The standard InChI is InChI=1S/C54H32O4/c55-51-43-15-7-8-16-44(43)52(56)49(51)37-23-19-35(20-24-37)41-29-27-39(31-47(41)33-11-3-1-4-12-33)40-28-30-42(48(32-40)34-13-5-2-6-14-34)36-21-25-38(26-22-36)50-53(57)45-17-9-10-18-46(45)54(50)58/h1-32H/b40-39+. The Bertz CT molecular complexity index is 3160. The van der Waals surface area contributed by atoms with Crippen LogP contribution in [0.4, 0.5) is 0 Å². The topological polar surface area (TPSA) is 68.3 Å². The summed E-state index contributed by atoms with van der Waals surface area (Å²) in [6.45, 7) is 0. The van der Waals surface area contributed by atoms with Gasteiger partial charge in [0, 0.05) is 22.3 Å². The molecule has 0 spiro atoms. The molecule has 0 aliphatic heterocycles. The molecule has 0 bridgehead atoms. The zero-order chi connectivity index (χ0) is 39.3. The molecule has 0 saturated carbocycles. The molecule has 10 rings (SSSR count).